The Bertz CT molecular complexity index is 1860. The van der Waals surface area contributed by atoms with E-state index in [9.17, 15) is 13.2 Å². The zero-order chi connectivity index (χ0) is 28.0. The minimum atomic E-state index is -3.33. The number of anilines is 2. The van der Waals surface area contributed by atoms with Gasteiger partial charge < -0.3 is 15.1 Å². The van der Waals surface area contributed by atoms with Crippen LogP contribution in [-0.4, -0.2) is 76.6 Å². The summed E-state index contributed by atoms with van der Waals surface area (Å²) < 4.78 is 30.8. The molecule has 12 nitrogen and oxygen atoms in total. The second kappa shape index (κ2) is 9.90. The number of rotatable bonds is 6. The van der Waals surface area contributed by atoms with E-state index in [4.69, 9.17) is 14.7 Å². The van der Waals surface area contributed by atoms with E-state index in [1.165, 1.54) is 6.26 Å². The van der Waals surface area contributed by atoms with Crippen LogP contribution in [0.1, 0.15) is 18.2 Å². The first-order valence-corrected chi connectivity index (χ1v) is 14.7. The summed E-state index contributed by atoms with van der Waals surface area (Å²) in [4.78, 5) is 21.2. The molecule has 206 valence electrons. The number of sulfone groups is 1. The van der Waals surface area contributed by atoms with Crippen molar-refractivity contribution in [2.45, 2.75) is 25.3 Å². The molecule has 1 aliphatic heterocycles. The van der Waals surface area contributed by atoms with Crippen molar-refractivity contribution in [1.82, 2.24) is 29.8 Å². The summed E-state index contributed by atoms with van der Waals surface area (Å²) in [6.07, 6.45) is 1.20. The molecule has 0 atom stereocenters. The lowest BCUT2D eigenvalue weighted by Crippen LogP contribution is -2.48. The molecule has 1 N–H and O–H groups in total. The Balaban J connectivity index is 1.42. The molecule has 1 saturated heterocycles. The van der Waals surface area contributed by atoms with Crippen molar-refractivity contribution in [3.05, 3.63) is 59.8 Å². The number of carbonyl (C=O) groups is 1. The second-order valence-electron chi connectivity index (χ2n) is 9.93. The van der Waals surface area contributed by atoms with Crippen LogP contribution in [0.4, 0.5) is 11.6 Å². The molecule has 0 radical (unpaired) electrons. The molecule has 5 aromatic rings. The third-order valence-corrected chi connectivity index (χ3v) is 8.25. The summed E-state index contributed by atoms with van der Waals surface area (Å²) >= 11 is 0. The maximum Gasteiger partial charge on any atom is 0.219 e. The Hall–Kier alpha value is -4.52. The molecule has 4 heterocycles. The number of aryl methyl sites for hydroxylation is 1. The lowest BCUT2D eigenvalue weighted by molar-refractivity contribution is -0.129. The van der Waals surface area contributed by atoms with Crippen molar-refractivity contribution in [2.24, 2.45) is 0 Å². The predicted octanol–water partition coefficient (Wildman–Crippen LogP) is 2.93. The molecule has 0 bridgehead atoms. The van der Waals surface area contributed by atoms with Gasteiger partial charge in [-0.25, -0.2) is 18.0 Å². The lowest BCUT2D eigenvalue weighted by atomic mass is 10.1. The minimum absolute atomic E-state index is 0.0631. The van der Waals surface area contributed by atoms with Crippen LogP contribution in [0.25, 0.3) is 27.8 Å². The van der Waals surface area contributed by atoms with Gasteiger partial charge in [-0.2, -0.15) is 9.61 Å². The van der Waals surface area contributed by atoms with Gasteiger partial charge in [0, 0.05) is 57.5 Å². The van der Waals surface area contributed by atoms with Crippen molar-refractivity contribution in [1.29, 1.82) is 0 Å². The van der Waals surface area contributed by atoms with Gasteiger partial charge in [0.1, 0.15) is 22.7 Å². The number of benzene rings is 2. The van der Waals surface area contributed by atoms with E-state index >= 15 is 0 Å². The molecular weight excluding hydrogens is 532 g/mol. The maximum atomic E-state index is 12.1. The fraction of sp³-hybridized carbons (Fsp3) is 0.296. The average molecular weight is 561 g/mol. The molecule has 1 amide bonds. The highest BCUT2D eigenvalue weighted by atomic mass is 32.2. The lowest BCUT2D eigenvalue weighted by Gasteiger charge is -2.35. The van der Waals surface area contributed by atoms with Crippen LogP contribution >= 0.6 is 0 Å². The van der Waals surface area contributed by atoms with Gasteiger partial charge in [0.05, 0.1) is 10.6 Å². The Morgan fingerprint density at radius 1 is 1.02 bits per heavy atom. The number of carbonyl (C=O) groups excluding carboxylic acids is 1. The van der Waals surface area contributed by atoms with Crippen LogP contribution in [0, 0.1) is 6.92 Å². The standard InChI is InChI=1S/C27H28N8O4S/c1-17-26(20-7-8-22-23(14-20)32-39-31-22)27-29-25(34-11-9-33(10-12-34)18(2)36)15-24(35(27)30-17)28-16-19-5-4-6-21(13-19)40(3,37)38/h4-8,13-15,28H,9-12,16H2,1-3H3. The molecule has 40 heavy (non-hydrogen) atoms. The van der Waals surface area contributed by atoms with Crippen LogP contribution in [-0.2, 0) is 21.2 Å². The molecule has 1 fully saturated rings. The Labute approximate surface area is 230 Å². The number of amides is 1. The number of fused-ring (bicyclic) bond motifs is 2. The molecule has 0 saturated carbocycles. The quantitative estimate of drug-likeness (QED) is 0.330. The maximum absolute atomic E-state index is 12.1. The average Bonchev–Trinajstić information content (AvgIpc) is 3.54. The summed E-state index contributed by atoms with van der Waals surface area (Å²) in [6.45, 7) is 6.43. The monoisotopic (exact) mass is 560 g/mol. The topological polar surface area (TPSA) is 139 Å². The van der Waals surface area contributed by atoms with Crippen molar-refractivity contribution < 1.29 is 17.8 Å². The number of nitrogens with zero attached hydrogens (tertiary/aromatic N) is 7. The van der Waals surface area contributed by atoms with E-state index in [-0.39, 0.29) is 10.8 Å². The van der Waals surface area contributed by atoms with Gasteiger partial charge in [0.25, 0.3) is 0 Å². The first kappa shape index (κ1) is 25.7. The third-order valence-electron chi connectivity index (χ3n) is 7.14. The Morgan fingerprint density at radius 2 is 1.80 bits per heavy atom. The number of hydrogen-bond donors (Lipinski definition) is 1. The third kappa shape index (κ3) is 4.83. The van der Waals surface area contributed by atoms with Crippen LogP contribution in [0.2, 0.25) is 0 Å². The van der Waals surface area contributed by atoms with Crippen LogP contribution in [0.15, 0.2) is 58.1 Å². The van der Waals surface area contributed by atoms with Crippen molar-refractivity contribution >= 4 is 44.1 Å². The van der Waals surface area contributed by atoms with Gasteiger partial charge in [-0.1, -0.05) is 18.2 Å². The summed E-state index contributed by atoms with van der Waals surface area (Å²) in [5, 5.41) is 16.1. The van der Waals surface area contributed by atoms with E-state index in [1.807, 2.05) is 42.2 Å². The van der Waals surface area contributed by atoms with E-state index in [2.05, 4.69) is 20.5 Å². The first-order valence-electron chi connectivity index (χ1n) is 12.8. The van der Waals surface area contributed by atoms with Crippen LogP contribution < -0.4 is 10.2 Å². The molecule has 0 aliphatic carbocycles. The highest BCUT2D eigenvalue weighted by molar-refractivity contribution is 7.90. The van der Waals surface area contributed by atoms with Crippen LogP contribution in [0.3, 0.4) is 0 Å². The SMILES string of the molecule is CC(=O)N1CCN(c2cc(NCc3cccc(S(C)(=O)=O)c3)n3nc(C)c(-c4ccc5nonc5c4)c3n2)CC1. The predicted molar refractivity (Wildman–Crippen MR) is 150 cm³/mol. The van der Waals surface area contributed by atoms with Crippen molar-refractivity contribution in [2.75, 3.05) is 42.7 Å². The Morgan fingerprint density at radius 3 is 2.55 bits per heavy atom. The van der Waals surface area contributed by atoms with Gasteiger partial charge in [-0.15, -0.1) is 0 Å². The highest BCUT2D eigenvalue weighted by Crippen LogP contribution is 2.33. The summed E-state index contributed by atoms with van der Waals surface area (Å²) in [6, 6.07) is 14.5. The van der Waals surface area contributed by atoms with Gasteiger partial charge in [0.15, 0.2) is 15.5 Å². The summed E-state index contributed by atoms with van der Waals surface area (Å²) in [5.41, 5.74) is 5.30. The zero-order valence-corrected chi connectivity index (χ0v) is 23.1. The van der Waals surface area contributed by atoms with E-state index in [1.54, 1.807) is 29.6 Å². The fourth-order valence-corrected chi connectivity index (χ4v) is 5.69. The molecular formula is C27H28N8O4S. The summed E-state index contributed by atoms with van der Waals surface area (Å²) in [5.74, 6) is 1.53. The van der Waals surface area contributed by atoms with E-state index in [0.717, 1.165) is 28.2 Å². The molecule has 6 rings (SSSR count). The fourth-order valence-electron chi connectivity index (χ4n) is 5.00. The van der Waals surface area contributed by atoms with Gasteiger partial charge in [0.2, 0.25) is 5.91 Å². The number of piperazine rings is 1. The summed E-state index contributed by atoms with van der Waals surface area (Å²) in [7, 11) is -3.33. The van der Waals surface area contributed by atoms with Gasteiger partial charge in [-0.3, -0.25) is 4.79 Å². The molecule has 0 spiro atoms. The minimum Gasteiger partial charge on any atom is -0.366 e. The Kier molecular flexibility index (Phi) is 6.37. The second-order valence-corrected chi connectivity index (χ2v) is 11.9. The normalized spacial score (nSPS) is 14.3. The zero-order valence-electron chi connectivity index (χ0n) is 22.3. The van der Waals surface area contributed by atoms with Crippen LogP contribution in [0.5, 0.6) is 0 Å². The van der Waals surface area contributed by atoms with E-state index < -0.39 is 9.84 Å². The molecule has 3 aromatic heterocycles. The van der Waals surface area contributed by atoms with Gasteiger partial charge in [-0.05, 0) is 52.6 Å². The van der Waals surface area contributed by atoms with E-state index in [0.29, 0.717) is 55.2 Å². The largest absolute Gasteiger partial charge is 0.366 e. The number of hydrogen-bond acceptors (Lipinski definition) is 10. The van der Waals surface area contributed by atoms with Crippen molar-refractivity contribution in [3.8, 4) is 11.1 Å². The molecule has 13 heteroatoms. The molecule has 0 unspecified atom stereocenters. The highest BCUT2D eigenvalue weighted by Gasteiger charge is 2.23. The van der Waals surface area contributed by atoms with Gasteiger partial charge >= 0.3 is 0 Å². The number of aromatic nitrogens is 5. The first-order chi connectivity index (χ1) is 19.2. The molecule has 1 aliphatic rings. The molecule has 2 aromatic carbocycles. The van der Waals surface area contributed by atoms with Crippen molar-refractivity contribution in [3.63, 3.8) is 0 Å². The number of nitrogens with one attached hydrogen (secondary N) is 1. The smallest absolute Gasteiger partial charge is 0.219 e.